The highest BCUT2D eigenvalue weighted by Crippen LogP contribution is 2.26. The predicted octanol–water partition coefficient (Wildman–Crippen LogP) is 0.701. The van der Waals surface area contributed by atoms with Crippen LogP contribution in [0.25, 0.3) is 0 Å². The number of nitrogens with zero attached hydrogens (tertiary/aromatic N) is 1. The van der Waals surface area contributed by atoms with Crippen molar-refractivity contribution < 1.29 is 12.8 Å². The van der Waals surface area contributed by atoms with Gasteiger partial charge in [0.25, 0.3) is 0 Å². The van der Waals surface area contributed by atoms with E-state index >= 15 is 0 Å². The molecule has 0 aliphatic rings. The van der Waals surface area contributed by atoms with Crippen LogP contribution in [0.1, 0.15) is 0 Å². The lowest BCUT2D eigenvalue weighted by Gasteiger charge is -2.04. The van der Waals surface area contributed by atoms with Gasteiger partial charge in [-0.2, -0.15) is 0 Å². The first-order chi connectivity index (χ1) is 7.36. The van der Waals surface area contributed by atoms with E-state index in [0.29, 0.717) is 0 Å². The number of primary sulfonamides is 1. The number of rotatable bonds is 3. The van der Waals surface area contributed by atoms with Crippen LogP contribution >= 0.6 is 11.6 Å². The number of nitrogens with two attached hydrogens (primary N) is 2. The van der Waals surface area contributed by atoms with Crippen LogP contribution in [0, 0.1) is 5.82 Å². The zero-order chi connectivity index (χ0) is 12.3. The largest absolute Gasteiger partial charge is 0.386 e. The summed E-state index contributed by atoms with van der Waals surface area (Å²) in [5.74, 6) is -1.07. The first-order valence-corrected chi connectivity index (χ1v) is 6.14. The molecule has 0 saturated carbocycles. The second-order valence-electron chi connectivity index (χ2n) is 2.87. The van der Waals surface area contributed by atoms with Gasteiger partial charge >= 0.3 is 0 Å². The monoisotopic (exact) mass is 265 g/mol. The van der Waals surface area contributed by atoms with E-state index in [4.69, 9.17) is 22.5 Å². The maximum absolute atomic E-state index is 13.4. The molecule has 0 atom stereocenters. The van der Waals surface area contributed by atoms with E-state index in [1.165, 1.54) is 6.07 Å². The predicted molar refractivity (Wildman–Crippen MR) is 59.8 cm³/mol. The van der Waals surface area contributed by atoms with E-state index in [-0.39, 0.29) is 11.7 Å². The fourth-order valence-corrected chi connectivity index (χ4v) is 1.75. The molecular formula is C8H9ClFN3O2S. The molecule has 5 nitrogen and oxygen atoms in total. The number of alkyl halides is 1. The van der Waals surface area contributed by atoms with E-state index in [1.54, 1.807) is 0 Å². The van der Waals surface area contributed by atoms with Crippen molar-refractivity contribution in [2.75, 3.05) is 5.88 Å². The van der Waals surface area contributed by atoms with Crippen LogP contribution in [0.5, 0.6) is 0 Å². The van der Waals surface area contributed by atoms with Crippen molar-refractivity contribution in [1.29, 1.82) is 0 Å². The lowest BCUT2D eigenvalue weighted by atomic mass is 10.3. The van der Waals surface area contributed by atoms with Gasteiger partial charge in [0.05, 0.1) is 5.88 Å². The first kappa shape index (κ1) is 12.9. The topological polar surface area (TPSA) is 98.5 Å². The maximum Gasteiger partial charge on any atom is 0.240 e. The SMILES string of the molecule is NC(CCl)=Nc1c(F)cccc1S(N)(=O)=O. The van der Waals surface area contributed by atoms with E-state index in [1.807, 2.05) is 0 Å². The fourth-order valence-electron chi connectivity index (χ4n) is 1.01. The Bertz CT molecular complexity index is 530. The van der Waals surface area contributed by atoms with Crippen LogP contribution in [-0.2, 0) is 10.0 Å². The van der Waals surface area contributed by atoms with E-state index in [9.17, 15) is 12.8 Å². The Balaban J connectivity index is 3.48. The summed E-state index contributed by atoms with van der Waals surface area (Å²) < 4.78 is 35.6. The van der Waals surface area contributed by atoms with Crippen LogP contribution < -0.4 is 10.9 Å². The summed E-state index contributed by atoms with van der Waals surface area (Å²) in [5, 5.41) is 4.91. The summed E-state index contributed by atoms with van der Waals surface area (Å²) >= 11 is 5.36. The molecule has 0 spiro atoms. The number of sulfonamides is 1. The van der Waals surface area contributed by atoms with Crippen LogP contribution in [0.2, 0.25) is 0 Å². The molecule has 0 heterocycles. The molecule has 1 aromatic carbocycles. The van der Waals surface area contributed by atoms with Crippen molar-refractivity contribution >= 4 is 33.1 Å². The number of halogens is 2. The molecule has 0 fully saturated rings. The highest BCUT2D eigenvalue weighted by atomic mass is 35.5. The van der Waals surface area contributed by atoms with Gasteiger partial charge in [-0.1, -0.05) is 6.07 Å². The van der Waals surface area contributed by atoms with Gasteiger partial charge in [0.1, 0.15) is 22.2 Å². The van der Waals surface area contributed by atoms with E-state index < -0.39 is 26.4 Å². The van der Waals surface area contributed by atoms with Gasteiger partial charge < -0.3 is 5.73 Å². The van der Waals surface area contributed by atoms with Crippen LogP contribution in [-0.4, -0.2) is 20.1 Å². The van der Waals surface area contributed by atoms with Gasteiger partial charge in [-0.25, -0.2) is 22.9 Å². The van der Waals surface area contributed by atoms with Crippen molar-refractivity contribution in [3.8, 4) is 0 Å². The summed E-state index contributed by atoms with van der Waals surface area (Å²) in [6.07, 6.45) is 0. The Morgan fingerprint density at radius 3 is 2.62 bits per heavy atom. The molecule has 1 aromatic rings. The zero-order valence-electron chi connectivity index (χ0n) is 8.02. The van der Waals surface area contributed by atoms with Crippen molar-refractivity contribution in [3.63, 3.8) is 0 Å². The Labute approximate surface area is 97.0 Å². The number of hydrogen-bond acceptors (Lipinski definition) is 3. The summed E-state index contributed by atoms with van der Waals surface area (Å²) in [6, 6.07) is 3.40. The standard InChI is InChI=1S/C8H9ClFN3O2S/c9-4-7(11)13-8-5(10)2-1-3-6(8)16(12,14)15/h1-3H,4H2,(H2,11,13)(H2,12,14,15). The molecule has 0 aromatic heterocycles. The number of amidine groups is 1. The summed E-state index contributed by atoms with van der Waals surface area (Å²) in [5.41, 5.74) is 4.87. The van der Waals surface area contributed by atoms with Crippen molar-refractivity contribution in [1.82, 2.24) is 0 Å². The molecule has 4 N–H and O–H groups in total. The Morgan fingerprint density at radius 1 is 1.50 bits per heavy atom. The van der Waals surface area contributed by atoms with Gasteiger partial charge in [-0.15, -0.1) is 11.6 Å². The summed E-state index contributed by atoms with van der Waals surface area (Å²) in [6.45, 7) is 0. The maximum atomic E-state index is 13.4. The molecular weight excluding hydrogens is 257 g/mol. The highest BCUT2D eigenvalue weighted by molar-refractivity contribution is 7.89. The average Bonchev–Trinajstić information content (AvgIpc) is 2.19. The fraction of sp³-hybridized carbons (Fsp3) is 0.125. The lowest BCUT2D eigenvalue weighted by Crippen LogP contribution is -2.15. The number of para-hydroxylation sites is 1. The number of hydrogen-bond donors (Lipinski definition) is 2. The molecule has 8 heteroatoms. The third kappa shape index (κ3) is 2.91. The first-order valence-electron chi connectivity index (χ1n) is 4.06. The highest BCUT2D eigenvalue weighted by Gasteiger charge is 2.17. The van der Waals surface area contributed by atoms with Gasteiger partial charge in [-0.3, -0.25) is 0 Å². The third-order valence-corrected chi connectivity index (χ3v) is 2.86. The normalized spacial score (nSPS) is 12.8. The molecule has 1 rings (SSSR count). The Morgan fingerprint density at radius 2 is 2.12 bits per heavy atom. The van der Waals surface area contributed by atoms with Crippen molar-refractivity contribution in [2.45, 2.75) is 4.90 Å². The van der Waals surface area contributed by atoms with Gasteiger partial charge in [-0.05, 0) is 12.1 Å². The van der Waals surface area contributed by atoms with Gasteiger partial charge in [0, 0.05) is 0 Å². The number of aliphatic imine (C=N–C) groups is 1. The average molecular weight is 266 g/mol. The summed E-state index contributed by atoms with van der Waals surface area (Å²) in [4.78, 5) is 3.14. The minimum Gasteiger partial charge on any atom is -0.386 e. The Kier molecular flexibility index (Phi) is 3.84. The molecule has 0 aliphatic carbocycles. The second-order valence-corrected chi connectivity index (χ2v) is 4.67. The van der Waals surface area contributed by atoms with Crippen molar-refractivity contribution in [2.24, 2.45) is 15.9 Å². The smallest absolute Gasteiger partial charge is 0.240 e. The number of benzene rings is 1. The van der Waals surface area contributed by atoms with E-state index in [0.717, 1.165) is 12.1 Å². The lowest BCUT2D eigenvalue weighted by molar-refractivity contribution is 0.593. The van der Waals surface area contributed by atoms with Crippen LogP contribution in [0.4, 0.5) is 10.1 Å². The third-order valence-electron chi connectivity index (χ3n) is 1.65. The molecule has 0 bridgehead atoms. The van der Waals surface area contributed by atoms with Crippen LogP contribution in [0.3, 0.4) is 0 Å². The minimum atomic E-state index is -4.06. The molecule has 88 valence electrons. The molecule has 0 radical (unpaired) electrons. The van der Waals surface area contributed by atoms with E-state index in [2.05, 4.69) is 4.99 Å². The van der Waals surface area contributed by atoms with Gasteiger partial charge in [0.15, 0.2) is 0 Å². The molecule has 0 amide bonds. The summed E-state index contributed by atoms with van der Waals surface area (Å²) in [7, 11) is -4.06. The molecule has 0 saturated heterocycles. The van der Waals surface area contributed by atoms with Crippen LogP contribution in [0.15, 0.2) is 28.1 Å². The zero-order valence-corrected chi connectivity index (χ0v) is 9.59. The van der Waals surface area contributed by atoms with Gasteiger partial charge in [0.2, 0.25) is 10.0 Å². The molecule has 16 heavy (non-hydrogen) atoms. The Hall–Kier alpha value is -1.18. The minimum absolute atomic E-state index is 0.100. The molecule has 0 unspecified atom stereocenters. The second kappa shape index (κ2) is 4.77. The molecule has 0 aliphatic heterocycles. The quantitative estimate of drug-likeness (QED) is 0.478. The van der Waals surface area contributed by atoms with Crippen molar-refractivity contribution in [3.05, 3.63) is 24.0 Å².